The van der Waals surface area contributed by atoms with Crippen LogP contribution in [0.4, 0.5) is 0 Å². The summed E-state index contributed by atoms with van der Waals surface area (Å²) in [5.41, 5.74) is 1.39. The third-order valence-electron chi connectivity index (χ3n) is 2.91. The normalized spacial score (nSPS) is 10.6. The molecule has 0 aliphatic heterocycles. The summed E-state index contributed by atoms with van der Waals surface area (Å²) in [6, 6.07) is 10.9. The Hall–Kier alpha value is -2.82. The Kier molecular flexibility index (Phi) is 3.09. The second-order valence-electron chi connectivity index (χ2n) is 4.23. The van der Waals surface area contributed by atoms with Crippen molar-refractivity contribution >= 4 is 16.9 Å². The first-order valence-corrected chi connectivity index (χ1v) is 6.01. The molecule has 0 spiro atoms. The minimum absolute atomic E-state index is 0.0903. The van der Waals surface area contributed by atoms with E-state index in [2.05, 4.69) is 4.98 Å². The molecular formula is C15H11NO4. The van der Waals surface area contributed by atoms with Gasteiger partial charge < -0.3 is 14.3 Å². The number of fused-ring (bicyclic) bond motifs is 1. The van der Waals surface area contributed by atoms with Crippen molar-refractivity contribution in [3.05, 3.63) is 60.2 Å². The van der Waals surface area contributed by atoms with E-state index in [9.17, 15) is 4.79 Å². The maximum absolute atomic E-state index is 10.9. The van der Waals surface area contributed by atoms with E-state index in [0.717, 1.165) is 10.9 Å². The minimum atomic E-state index is -1.10. The molecule has 2 heterocycles. The fourth-order valence-corrected chi connectivity index (χ4v) is 1.94. The van der Waals surface area contributed by atoms with Gasteiger partial charge in [0.2, 0.25) is 5.76 Å². The van der Waals surface area contributed by atoms with Crippen molar-refractivity contribution < 1.29 is 19.1 Å². The summed E-state index contributed by atoms with van der Waals surface area (Å²) in [6.07, 6.45) is 3.07. The molecule has 0 fully saturated rings. The summed E-state index contributed by atoms with van der Waals surface area (Å²) in [7, 11) is 0. The van der Waals surface area contributed by atoms with Crippen LogP contribution < -0.4 is 4.74 Å². The monoisotopic (exact) mass is 269 g/mol. The molecule has 5 nitrogen and oxygen atoms in total. The van der Waals surface area contributed by atoms with Crippen molar-refractivity contribution in [1.29, 1.82) is 0 Å². The number of benzene rings is 1. The van der Waals surface area contributed by atoms with Gasteiger partial charge in [-0.2, -0.15) is 0 Å². The molecule has 0 saturated carbocycles. The largest absolute Gasteiger partial charge is 0.489 e. The van der Waals surface area contributed by atoms with Gasteiger partial charge in [-0.25, -0.2) is 4.79 Å². The lowest BCUT2D eigenvalue weighted by Gasteiger charge is -2.06. The quantitative estimate of drug-likeness (QED) is 0.787. The molecule has 5 heteroatoms. The average molecular weight is 269 g/mol. The van der Waals surface area contributed by atoms with Gasteiger partial charge >= 0.3 is 5.97 Å². The number of ether oxygens (including phenoxy) is 1. The lowest BCUT2D eigenvalue weighted by molar-refractivity contribution is 0.0658. The fourth-order valence-electron chi connectivity index (χ4n) is 1.94. The van der Waals surface area contributed by atoms with Crippen molar-refractivity contribution in [1.82, 2.24) is 4.98 Å². The van der Waals surface area contributed by atoms with Gasteiger partial charge in [0.15, 0.2) is 0 Å². The van der Waals surface area contributed by atoms with E-state index in [4.69, 9.17) is 14.3 Å². The van der Waals surface area contributed by atoms with Crippen LogP contribution in [0.3, 0.4) is 0 Å². The topological polar surface area (TPSA) is 72.6 Å². The van der Waals surface area contributed by atoms with Crippen LogP contribution >= 0.6 is 0 Å². The highest BCUT2D eigenvalue weighted by molar-refractivity contribution is 5.86. The van der Waals surface area contributed by atoms with E-state index in [1.807, 2.05) is 24.3 Å². The van der Waals surface area contributed by atoms with Gasteiger partial charge in [0, 0.05) is 17.1 Å². The van der Waals surface area contributed by atoms with Gasteiger partial charge in [-0.05, 0) is 30.3 Å². The number of rotatable bonds is 4. The van der Waals surface area contributed by atoms with Crippen LogP contribution in [0.5, 0.6) is 5.75 Å². The predicted molar refractivity (Wildman–Crippen MR) is 71.7 cm³/mol. The van der Waals surface area contributed by atoms with E-state index in [-0.39, 0.29) is 12.4 Å². The van der Waals surface area contributed by atoms with Gasteiger partial charge in [-0.1, -0.05) is 6.07 Å². The van der Waals surface area contributed by atoms with Crippen LogP contribution in [-0.4, -0.2) is 16.1 Å². The number of hydrogen-bond acceptors (Lipinski definition) is 4. The lowest BCUT2D eigenvalue weighted by Crippen LogP contribution is -2.02. The maximum Gasteiger partial charge on any atom is 0.372 e. The number of nitrogens with zero attached hydrogens (tertiary/aromatic N) is 1. The Morgan fingerprint density at radius 1 is 1.30 bits per heavy atom. The molecule has 0 saturated heterocycles. The van der Waals surface area contributed by atoms with E-state index in [1.165, 1.54) is 6.26 Å². The maximum atomic E-state index is 10.9. The molecule has 2 aromatic heterocycles. The first-order chi connectivity index (χ1) is 9.74. The highest BCUT2D eigenvalue weighted by Gasteiger charge is 2.14. The smallest absolute Gasteiger partial charge is 0.372 e. The van der Waals surface area contributed by atoms with Gasteiger partial charge in [-0.3, -0.25) is 4.98 Å². The number of aromatic nitrogens is 1. The van der Waals surface area contributed by atoms with Crippen LogP contribution in [0.25, 0.3) is 10.9 Å². The molecule has 1 aromatic carbocycles. The summed E-state index contributed by atoms with van der Waals surface area (Å²) in [5.74, 6) is -0.535. The minimum Gasteiger partial charge on any atom is -0.489 e. The number of carboxylic acid groups (broad SMARTS) is 1. The van der Waals surface area contributed by atoms with E-state index in [0.29, 0.717) is 11.3 Å². The zero-order valence-electron chi connectivity index (χ0n) is 10.4. The van der Waals surface area contributed by atoms with Crippen LogP contribution in [-0.2, 0) is 6.61 Å². The van der Waals surface area contributed by atoms with Gasteiger partial charge in [0.1, 0.15) is 12.4 Å². The average Bonchev–Trinajstić information content (AvgIpc) is 2.93. The molecule has 0 aliphatic carbocycles. The molecule has 0 amide bonds. The van der Waals surface area contributed by atoms with Crippen molar-refractivity contribution in [2.24, 2.45) is 0 Å². The second-order valence-corrected chi connectivity index (χ2v) is 4.23. The second kappa shape index (κ2) is 5.05. The van der Waals surface area contributed by atoms with Gasteiger partial charge in [0.25, 0.3) is 0 Å². The Morgan fingerprint density at radius 3 is 3.05 bits per heavy atom. The third-order valence-corrected chi connectivity index (χ3v) is 2.91. The molecule has 1 N–H and O–H groups in total. The Bertz CT molecular complexity index is 763. The number of carboxylic acids is 1. The molecule has 0 atom stereocenters. The van der Waals surface area contributed by atoms with E-state index >= 15 is 0 Å². The predicted octanol–water partition coefficient (Wildman–Crippen LogP) is 3.11. The molecule has 100 valence electrons. The number of hydrogen-bond donors (Lipinski definition) is 1. The third kappa shape index (κ3) is 2.33. The van der Waals surface area contributed by atoms with E-state index < -0.39 is 5.97 Å². The van der Waals surface area contributed by atoms with Gasteiger partial charge in [0.05, 0.1) is 11.8 Å². The number of pyridine rings is 1. The van der Waals surface area contributed by atoms with Crippen LogP contribution in [0.2, 0.25) is 0 Å². The van der Waals surface area contributed by atoms with Crippen LogP contribution in [0.1, 0.15) is 16.1 Å². The lowest BCUT2D eigenvalue weighted by atomic mass is 10.2. The first kappa shape index (κ1) is 12.2. The highest BCUT2D eigenvalue weighted by Crippen LogP contribution is 2.21. The van der Waals surface area contributed by atoms with Gasteiger partial charge in [-0.15, -0.1) is 0 Å². The molecular weight excluding hydrogens is 258 g/mol. The molecule has 0 bridgehead atoms. The summed E-state index contributed by atoms with van der Waals surface area (Å²) in [5, 5.41) is 9.90. The summed E-state index contributed by atoms with van der Waals surface area (Å²) in [4.78, 5) is 15.1. The summed E-state index contributed by atoms with van der Waals surface area (Å²) < 4.78 is 10.5. The van der Waals surface area contributed by atoms with Crippen molar-refractivity contribution in [3.8, 4) is 5.75 Å². The van der Waals surface area contributed by atoms with Crippen LogP contribution in [0.15, 0.2) is 53.3 Å². The molecule has 3 aromatic rings. The van der Waals surface area contributed by atoms with E-state index in [1.54, 1.807) is 18.3 Å². The fraction of sp³-hybridized carbons (Fsp3) is 0.0667. The Labute approximate surface area is 114 Å². The van der Waals surface area contributed by atoms with Crippen molar-refractivity contribution in [3.63, 3.8) is 0 Å². The zero-order chi connectivity index (χ0) is 13.9. The molecule has 0 radical (unpaired) electrons. The zero-order valence-corrected chi connectivity index (χ0v) is 10.4. The summed E-state index contributed by atoms with van der Waals surface area (Å²) in [6.45, 7) is 0.143. The van der Waals surface area contributed by atoms with Crippen molar-refractivity contribution in [2.75, 3.05) is 0 Å². The molecule has 0 unspecified atom stereocenters. The summed E-state index contributed by atoms with van der Waals surface area (Å²) >= 11 is 0. The molecule has 0 aliphatic rings. The standard InChI is InChI=1S/C15H11NO4/c17-15(18)14-11(5-7-19-14)9-20-12-3-4-13-10(8-12)2-1-6-16-13/h1-8H,9H2,(H,17,18). The SMILES string of the molecule is O=C(O)c1occc1COc1ccc2ncccc2c1. The van der Waals surface area contributed by atoms with Crippen molar-refractivity contribution in [2.45, 2.75) is 6.61 Å². The highest BCUT2D eigenvalue weighted by atomic mass is 16.5. The number of aromatic carboxylic acids is 1. The Balaban J connectivity index is 1.79. The number of furan rings is 1. The molecule has 20 heavy (non-hydrogen) atoms. The first-order valence-electron chi connectivity index (χ1n) is 6.01. The Morgan fingerprint density at radius 2 is 2.20 bits per heavy atom. The number of carbonyl (C=O) groups is 1. The van der Waals surface area contributed by atoms with Crippen LogP contribution in [0, 0.1) is 0 Å². The molecule has 3 rings (SSSR count).